The minimum absolute atomic E-state index is 0.203. The average Bonchev–Trinajstić information content (AvgIpc) is 3.00. The van der Waals surface area contributed by atoms with Crippen molar-refractivity contribution < 1.29 is 0 Å². The lowest BCUT2D eigenvalue weighted by molar-refractivity contribution is 0.721. The number of hydrogen-bond donors (Lipinski definition) is 0. The van der Waals surface area contributed by atoms with Crippen LogP contribution in [0.4, 0.5) is 0 Å². The summed E-state index contributed by atoms with van der Waals surface area (Å²) in [7, 11) is 0. The molecule has 0 aliphatic heterocycles. The second kappa shape index (κ2) is 5.20. The van der Waals surface area contributed by atoms with Gasteiger partial charge in [0.15, 0.2) is 0 Å². The highest BCUT2D eigenvalue weighted by Crippen LogP contribution is 2.59. The molecule has 1 spiro atoms. The molecule has 0 heterocycles. The van der Waals surface area contributed by atoms with Crippen molar-refractivity contribution in [3.63, 3.8) is 0 Å². The second-order valence-electron chi connectivity index (χ2n) is 7.84. The minimum atomic E-state index is -0.203. The monoisotopic (exact) mass is 344 g/mol. The zero-order valence-electron chi connectivity index (χ0n) is 15.4. The van der Waals surface area contributed by atoms with Crippen molar-refractivity contribution in [1.82, 2.24) is 0 Å². The molecule has 0 atom stereocenters. The first-order valence-corrected chi connectivity index (χ1v) is 9.68. The molecule has 0 heteroatoms. The summed E-state index contributed by atoms with van der Waals surface area (Å²) in [5.74, 6) is 0. The van der Waals surface area contributed by atoms with Crippen molar-refractivity contribution in [3.05, 3.63) is 130 Å². The van der Waals surface area contributed by atoms with Crippen LogP contribution < -0.4 is 0 Å². The summed E-state index contributed by atoms with van der Waals surface area (Å²) in [6.45, 7) is 2.20. The van der Waals surface area contributed by atoms with Crippen LogP contribution in [0.25, 0.3) is 11.1 Å². The third-order valence-electron chi connectivity index (χ3n) is 6.42. The van der Waals surface area contributed by atoms with E-state index in [1.54, 1.807) is 0 Å². The topological polar surface area (TPSA) is 0 Å². The smallest absolute Gasteiger partial charge is 0.0620 e. The highest BCUT2D eigenvalue weighted by molar-refractivity contribution is 5.87. The molecule has 4 aromatic rings. The van der Waals surface area contributed by atoms with E-state index < -0.39 is 0 Å². The molecule has 0 saturated carbocycles. The largest absolute Gasteiger partial charge is 0.0719 e. The third kappa shape index (κ3) is 1.78. The normalized spacial score (nSPS) is 15.0. The van der Waals surface area contributed by atoms with Crippen LogP contribution in [0.3, 0.4) is 0 Å². The van der Waals surface area contributed by atoms with E-state index in [0.29, 0.717) is 0 Å². The Kier molecular flexibility index (Phi) is 2.89. The van der Waals surface area contributed by atoms with Crippen LogP contribution in [0.5, 0.6) is 0 Å². The van der Waals surface area contributed by atoms with Crippen molar-refractivity contribution in [1.29, 1.82) is 0 Å². The summed E-state index contributed by atoms with van der Waals surface area (Å²) >= 11 is 0. The lowest BCUT2D eigenvalue weighted by Crippen LogP contribution is -2.34. The van der Waals surface area contributed by atoms with Gasteiger partial charge in [0.05, 0.1) is 5.41 Å². The Labute approximate surface area is 160 Å². The van der Waals surface area contributed by atoms with Crippen LogP contribution in [0.1, 0.15) is 38.9 Å². The second-order valence-corrected chi connectivity index (χ2v) is 7.84. The van der Waals surface area contributed by atoms with Gasteiger partial charge >= 0.3 is 0 Å². The van der Waals surface area contributed by atoms with E-state index in [0.717, 1.165) is 6.42 Å². The molecule has 4 aromatic carbocycles. The first-order chi connectivity index (χ1) is 13.3. The van der Waals surface area contributed by atoms with Gasteiger partial charge in [0.2, 0.25) is 0 Å². The van der Waals surface area contributed by atoms with E-state index in [1.807, 2.05) is 0 Å². The maximum absolute atomic E-state index is 2.39. The maximum Gasteiger partial charge on any atom is 0.0719 e. The Balaban J connectivity index is 1.85. The molecule has 0 N–H and O–H groups in total. The lowest BCUT2D eigenvalue weighted by atomic mass is 9.61. The van der Waals surface area contributed by atoms with Gasteiger partial charge in [-0.05, 0) is 57.9 Å². The minimum Gasteiger partial charge on any atom is -0.0620 e. The summed E-state index contributed by atoms with van der Waals surface area (Å²) in [5, 5.41) is 0. The van der Waals surface area contributed by atoms with Gasteiger partial charge in [-0.3, -0.25) is 0 Å². The van der Waals surface area contributed by atoms with Crippen LogP contribution in [0.15, 0.2) is 91.0 Å². The molecule has 0 radical (unpaired) electrons. The number of benzene rings is 4. The molecule has 0 saturated heterocycles. The molecule has 0 bridgehead atoms. The van der Waals surface area contributed by atoms with Gasteiger partial charge in [-0.25, -0.2) is 0 Å². The highest BCUT2D eigenvalue weighted by Gasteiger charge is 2.49. The molecule has 6 rings (SSSR count). The molecule has 0 fully saturated rings. The lowest BCUT2D eigenvalue weighted by Gasteiger charge is -2.40. The summed E-state index contributed by atoms with van der Waals surface area (Å²) < 4.78 is 0. The SMILES string of the molecule is Cc1ccc2c(c1)Cc1ccccc1C21c2ccccc2-c2ccccc21. The van der Waals surface area contributed by atoms with E-state index in [1.165, 1.54) is 50.1 Å². The fourth-order valence-corrected chi connectivity index (χ4v) is 5.44. The predicted octanol–water partition coefficient (Wildman–Crippen LogP) is 6.26. The first-order valence-electron chi connectivity index (χ1n) is 9.68. The van der Waals surface area contributed by atoms with Crippen LogP contribution in [0.2, 0.25) is 0 Å². The van der Waals surface area contributed by atoms with E-state index in [-0.39, 0.29) is 5.41 Å². The Morgan fingerprint density at radius 2 is 1.11 bits per heavy atom. The van der Waals surface area contributed by atoms with Crippen molar-refractivity contribution in [2.24, 2.45) is 0 Å². The quantitative estimate of drug-likeness (QED) is 0.305. The summed E-state index contributed by atoms with van der Waals surface area (Å²) in [5.41, 5.74) is 12.5. The predicted molar refractivity (Wildman–Crippen MR) is 111 cm³/mol. The molecule has 2 aliphatic rings. The zero-order valence-corrected chi connectivity index (χ0v) is 15.4. The van der Waals surface area contributed by atoms with Gasteiger partial charge in [0.1, 0.15) is 0 Å². The molecule has 0 unspecified atom stereocenters. The van der Waals surface area contributed by atoms with Gasteiger partial charge in [0, 0.05) is 0 Å². The molecule has 0 aromatic heterocycles. The van der Waals surface area contributed by atoms with Crippen molar-refractivity contribution in [2.45, 2.75) is 18.8 Å². The Morgan fingerprint density at radius 1 is 0.556 bits per heavy atom. The standard InChI is InChI=1S/C27H20/c1-18-14-15-24-20(16-18)17-19-8-2-5-11-23(19)27(24)25-12-6-3-9-21(25)22-10-4-7-13-26(22)27/h2-16H,17H2,1H3. The fraction of sp³-hybridized carbons (Fsp3) is 0.111. The number of aryl methyl sites for hydroxylation is 1. The van der Waals surface area contributed by atoms with E-state index >= 15 is 0 Å². The van der Waals surface area contributed by atoms with Crippen LogP contribution >= 0.6 is 0 Å². The molecule has 0 nitrogen and oxygen atoms in total. The number of hydrogen-bond acceptors (Lipinski definition) is 0. The first kappa shape index (κ1) is 15.0. The molecule has 2 aliphatic carbocycles. The molecular formula is C27H20. The highest BCUT2D eigenvalue weighted by atomic mass is 14.5. The van der Waals surface area contributed by atoms with Crippen LogP contribution in [-0.2, 0) is 11.8 Å². The Morgan fingerprint density at radius 3 is 1.81 bits per heavy atom. The van der Waals surface area contributed by atoms with E-state index in [9.17, 15) is 0 Å². The fourth-order valence-electron chi connectivity index (χ4n) is 5.44. The molecular weight excluding hydrogens is 324 g/mol. The summed E-state index contributed by atoms with van der Waals surface area (Å²) in [4.78, 5) is 0. The van der Waals surface area contributed by atoms with E-state index in [4.69, 9.17) is 0 Å². The van der Waals surface area contributed by atoms with Gasteiger partial charge in [0.25, 0.3) is 0 Å². The number of rotatable bonds is 0. The summed E-state index contributed by atoms with van der Waals surface area (Å²) in [6, 6.07) is 34.0. The van der Waals surface area contributed by atoms with Gasteiger partial charge in [-0.2, -0.15) is 0 Å². The Bertz CT molecular complexity index is 1170. The summed E-state index contributed by atoms with van der Waals surface area (Å²) in [6.07, 6.45) is 1.01. The van der Waals surface area contributed by atoms with Crippen molar-refractivity contribution >= 4 is 0 Å². The van der Waals surface area contributed by atoms with E-state index in [2.05, 4.69) is 97.9 Å². The van der Waals surface area contributed by atoms with Crippen molar-refractivity contribution in [3.8, 4) is 11.1 Å². The van der Waals surface area contributed by atoms with Crippen molar-refractivity contribution in [2.75, 3.05) is 0 Å². The number of fused-ring (bicyclic) bond motifs is 9. The maximum atomic E-state index is 2.39. The van der Waals surface area contributed by atoms with Crippen LogP contribution in [-0.4, -0.2) is 0 Å². The Hall–Kier alpha value is -3.12. The van der Waals surface area contributed by atoms with Crippen LogP contribution in [0, 0.1) is 6.92 Å². The molecule has 128 valence electrons. The average molecular weight is 344 g/mol. The third-order valence-corrected chi connectivity index (χ3v) is 6.42. The van der Waals surface area contributed by atoms with Gasteiger partial charge < -0.3 is 0 Å². The zero-order chi connectivity index (χ0) is 18.0. The van der Waals surface area contributed by atoms with Gasteiger partial charge in [-0.1, -0.05) is 96.6 Å². The molecule has 27 heavy (non-hydrogen) atoms. The molecule has 0 amide bonds. The van der Waals surface area contributed by atoms with Gasteiger partial charge in [-0.15, -0.1) is 0 Å².